The third-order valence-electron chi connectivity index (χ3n) is 4.43. The molecule has 4 atom stereocenters. The number of allylic oxidation sites excluding steroid dienone is 4. The van der Waals surface area contributed by atoms with Crippen LogP contribution in [-0.2, 0) is 0 Å². The molecule has 0 bridgehead atoms. The maximum Gasteiger partial charge on any atom is 0.0539 e. The topological polar surface area (TPSA) is 0 Å². The molecular formula is C17H25Br. The molecule has 0 aromatic carbocycles. The Bertz CT molecular complexity index is 318. The Kier molecular flexibility index (Phi) is 5.12. The van der Waals surface area contributed by atoms with Gasteiger partial charge < -0.3 is 0 Å². The lowest BCUT2D eigenvalue weighted by Gasteiger charge is -2.34. The first-order chi connectivity index (χ1) is 8.72. The van der Waals surface area contributed by atoms with Gasteiger partial charge in [-0.25, -0.2) is 0 Å². The Hall–Kier alpha value is -0.0400. The molecule has 4 unspecified atom stereocenters. The van der Waals surface area contributed by atoms with Crippen LogP contribution in [0.25, 0.3) is 0 Å². The van der Waals surface area contributed by atoms with Crippen molar-refractivity contribution < 1.29 is 0 Å². The second-order valence-corrected chi connectivity index (χ2v) is 7.09. The summed E-state index contributed by atoms with van der Waals surface area (Å²) in [5.41, 5.74) is 0. The van der Waals surface area contributed by atoms with E-state index < -0.39 is 0 Å². The van der Waals surface area contributed by atoms with Crippen LogP contribution in [-0.4, -0.2) is 4.32 Å². The van der Waals surface area contributed by atoms with E-state index in [4.69, 9.17) is 0 Å². The van der Waals surface area contributed by atoms with E-state index in [0.29, 0.717) is 11.8 Å². The number of halogens is 1. The zero-order valence-electron chi connectivity index (χ0n) is 11.7. The first-order valence-electron chi connectivity index (χ1n) is 7.53. The van der Waals surface area contributed by atoms with E-state index in [1.165, 1.54) is 38.5 Å². The van der Waals surface area contributed by atoms with Gasteiger partial charge in [-0.3, -0.25) is 0 Å². The third-order valence-corrected chi connectivity index (χ3v) is 5.77. The van der Waals surface area contributed by atoms with Gasteiger partial charge in [-0.15, -0.1) is 0 Å². The van der Waals surface area contributed by atoms with Crippen LogP contribution in [0.15, 0.2) is 24.3 Å². The predicted octanol–water partition coefficient (Wildman–Crippen LogP) is 5.57. The number of alkyl halides is 1. The lowest BCUT2D eigenvalue weighted by Crippen LogP contribution is -2.32. The van der Waals surface area contributed by atoms with Gasteiger partial charge in [0, 0.05) is 5.92 Å². The molecular weight excluding hydrogens is 284 g/mol. The number of fused-ring (bicyclic) bond motifs is 1. The second kappa shape index (κ2) is 6.41. The summed E-state index contributed by atoms with van der Waals surface area (Å²) in [5, 5.41) is 0. The molecule has 2 aliphatic carbocycles. The highest BCUT2D eigenvalue weighted by Gasteiger charge is 2.50. The van der Waals surface area contributed by atoms with Crippen molar-refractivity contribution in [2.45, 2.75) is 56.7 Å². The summed E-state index contributed by atoms with van der Waals surface area (Å²) in [4.78, 5) is 0. The minimum atomic E-state index is 0.162. The second-order valence-electron chi connectivity index (χ2n) is 5.71. The molecule has 0 aliphatic heterocycles. The Morgan fingerprint density at radius 3 is 2.56 bits per heavy atom. The molecule has 1 heteroatoms. The van der Waals surface area contributed by atoms with Crippen LogP contribution in [0.5, 0.6) is 0 Å². The van der Waals surface area contributed by atoms with Crippen LogP contribution < -0.4 is 0 Å². The molecule has 2 rings (SSSR count). The molecule has 0 saturated heterocycles. The Labute approximate surface area is 121 Å². The maximum absolute atomic E-state index is 4.05. The normalized spacial score (nSPS) is 38.1. The summed E-state index contributed by atoms with van der Waals surface area (Å²) in [5.74, 6) is 1.88. The van der Waals surface area contributed by atoms with Crippen molar-refractivity contribution in [2.75, 3.05) is 0 Å². The fourth-order valence-corrected chi connectivity index (χ4v) is 4.36. The average Bonchev–Trinajstić information content (AvgIpc) is 2.66. The number of rotatable bonds is 6. The van der Waals surface area contributed by atoms with Gasteiger partial charge in [0.1, 0.15) is 0 Å². The highest BCUT2D eigenvalue weighted by atomic mass is 79.9. The van der Waals surface area contributed by atoms with Gasteiger partial charge in [0.2, 0.25) is 0 Å². The monoisotopic (exact) mass is 308 g/mol. The van der Waals surface area contributed by atoms with E-state index >= 15 is 0 Å². The van der Waals surface area contributed by atoms with Crippen molar-refractivity contribution >= 4 is 15.9 Å². The van der Waals surface area contributed by atoms with Crippen molar-refractivity contribution in [1.82, 2.24) is 0 Å². The third kappa shape index (κ3) is 2.76. The molecule has 0 aromatic rings. The maximum atomic E-state index is 4.05. The van der Waals surface area contributed by atoms with E-state index in [1.807, 2.05) is 0 Å². The smallest absolute Gasteiger partial charge is 0.0539 e. The molecule has 2 aliphatic rings. The fourth-order valence-electron chi connectivity index (χ4n) is 3.38. The van der Waals surface area contributed by atoms with Gasteiger partial charge in [-0.1, -0.05) is 79.8 Å². The van der Waals surface area contributed by atoms with E-state index in [1.54, 1.807) is 0 Å². The van der Waals surface area contributed by atoms with Crippen LogP contribution in [0.4, 0.5) is 0 Å². The van der Waals surface area contributed by atoms with Crippen molar-refractivity contribution in [3.8, 4) is 0 Å². The van der Waals surface area contributed by atoms with Crippen LogP contribution in [0.2, 0.25) is 0 Å². The summed E-state index contributed by atoms with van der Waals surface area (Å²) in [6.07, 6.45) is 20.8. The zero-order chi connectivity index (χ0) is 13.0. The fraction of sp³-hybridized carbons (Fsp3) is 0.706. The molecule has 0 nitrogen and oxygen atoms in total. The summed E-state index contributed by atoms with van der Waals surface area (Å²) >= 11 is 4.05. The van der Waals surface area contributed by atoms with Gasteiger partial charge in [0.15, 0.2) is 0 Å². The minimum Gasteiger partial charge on any atom is -0.0798 e. The number of hydrogen-bond acceptors (Lipinski definition) is 0. The van der Waals surface area contributed by atoms with Crippen LogP contribution in [0.3, 0.4) is 0 Å². The number of hydrogen-bond donors (Lipinski definition) is 0. The van der Waals surface area contributed by atoms with E-state index in [0.717, 1.165) is 5.92 Å². The summed E-state index contributed by atoms with van der Waals surface area (Å²) in [6.45, 7) is 4.57. The molecule has 0 spiro atoms. The van der Waals surface area contributed by atoms with Crippen LogP contribution in [0.1, 0.15) is 52.4 Å². The van der Waals surface area contributed by atoms with E-state index in [2.05, 4.69) is 60.5 Å². The van der Waals surface area contributed by atoms with Gasteiger partial charge in [0.05, 0.1) is 4.32 Å². The SMILES string of the molecule is CCCCC1[C]C2C=CC=CC2(Br)C1CCCC. The standard InChI is InChI=1S/C17H25Br/c1-3-5-9-14-13-15-10-7-8-12-17(15,18)16(14)11-6-4-2/h7-8,10,12,14-16H,3-6,9,11H2,1-2H3. The van der Waals surface area contributed by atoms with Gasteiger partial charge >= 0.3 is 0 Å². The largest absolute Gasteiger partial charge is 0.0798 e. The zero-order valence-corrected chi connectivity index (χ0v) is 13.2. The van der Waals surface area contributed by atoms with Crippen molar-refractivity contribution in [2.24, 2.45) is 17.8 Å². The van der Waals surface area contributed by atoms with E-state index in [-0.39, 0.29) is 4.32 Å². The first kappa shape index (κ1) is 14.4. The molecule has 0 heterocycles. The predicted molar refractivity (Wildman–Crippen MR) is 82.7 cm³/mol. The first-order valence-corrected chi connectivity index (χ1v) is 8.32. The Morgan fingerprint density at radius 2 is 1.83 bits per heavy atom. The summed E-state index contributed by atoms with van der Waals surface area (Å²) in [7, 11) is 0. The van der Waals surface area contributed by atoms with Gasteiger partial charge in [0.25, 0.3) is 0 Å². The summed E-state index contributed by atoms with van der Waals surface area (Å²) in [6, 6.07) is 0. The van der Waals surface area contributed by atoms with Crippen LogP contribution >= 0.6 is 15.9 Å². The molecule has 0 amide bonds. The lowest BCUT2D eigenvalue weighted by atomic mass is 9.80. The molecule has 18 heavy (non-hydrogen) atoms. The average molecular weight is 309 g/mol. The van der Waals surface area contributed by atoms with Crippen molar-refractivity contribution in [3.63, 3.8) is 0 Å². The minimum absolute atomic E-state index is 0.162. The molecule has 1 fully saturated rings. The Morgan fingerprint density at radius 1 is 1.11 bits per heavy atom. The molecule has 100 valence electrons. The van der Waals surface area contributed by atoms with Crippen molar-refractivity contribution in [3.05, 3.63) is 30.7 Å². The molecule has 0 N–H and O–H groups in total. The highest BCUT2D eigenvalue weighted by Crippen LogP contribution is 2.55. The van der Waals surface area contributed by atoms with Crippen LogP contribution in [0, 0.1) is 24.2 Å². The quantitative estimate of drug-likeness (QED) is 0.563. The lowest BCUT2D eigenvalue weighted by molar-refractivity contribution is 0.328. The van der Waals surface area contributed by atoms with E-state index in [9.17, 15) is 0 Å². The Balaban J connectivity index is 2.11. The number of unbranched alkanes of at least 4 members (excludes halogenated alkanes) is 2. The molecule has 2 radical (unpaired) electrons. The highest BCUT2D eigenvalue weighted by molar-refractivity contribution is 9.10. The van der Waals surface area contributed by atoms with Crippen molar-refractivity contribution in [1.29, 1.82) is 0 Å². The van der Waals surface area contributed by atoms with Gasteiger partial charge in [-0.05, 0) is 31.1 Å². The van der Waals surface area contributed by atoms with Gasteiger partial charge in [-0.2, -0.15) is 0 Å². The summed E-state index contributed by atoms with van der Waals surface area (Å²) < 4.78 is 0.162. The molecule has 0 aromatic heterocycles. The molecule has 1 saturated carbocycles.